The van der Waals surface area contributed by atoms with E-state index in [4.69, 9.17) is 0 Å². The maximum atomic E-state index is 3.45. The van der Waals surface area contributed by atoms with Gasteiger partial charge >= 0.3 is 0 Å². The summed E-state index contributed by atoms with van der Waals surface area (Å²) in [5.41, 5.74) is 0.597. The lowest BCUT2D eigenvalue weighted by molar-refractivity contribution is 0.438. The number of thioether (sulfide) groups is 1. The van der Waals surface area contributed by atoms with E-state index in [0.29, 0.717) is 5.54 Å². The summed E-state index contributed by atoms with van der Waals surface area (Å²) in [5.74, 6) is 3.92. The molecule has 0 atom stereocenters. The molecular weight excluding hydrogens is 154 g/mol. The van der Waals surface area contributed by atoms with Crippen molar-refractivity contribution in [2.45, 2.75) is 31.2 Å². The molecule has 1 nitrogen and oxygen atoms in total. The molecule has 64 valence electrons. The van der Waals surface area contributed by atoms with Crippen LogP contribution in [0.15, 0.2) is 0 Å². The smallest absolute Gasteiger partial charge is 0.0180 e. The van der Waals surface area contributed by atoms with Crippen LogP contribution in [0, 0.1) is 5.92 Å². The van der Waals surface area contributed by atoms with Crippen molar-refractivity contribution in [1.82, 2.24) is 5.32 Å². The third-order valence-electron chi connectivity index (χ3n) is 3.12. The fraction of sp³-hybridized carbons (Fsp3) is 1.00. The Bertz CT molecular complexity index is 138. The van der Waals surface area contributed by atoms with Crippen molar-refractivity contribution >= 4 is 11.8 Å². The van der Waals surface area contributed by atoms with Gasteiger partial charge in [-0.1, -0.05) is 0 Å². The van der Waals surface area contributed by atoms with Crippen LogP contribution in [-0.4, -0.2) is 24.1 Å². The average molecular weight is 171 g/mol. The zero-order chi connectivity index (χ0) is 7.73. The summed E-state index contributed by atoms with van der Waals surface area (Å²) in [6, 6.07) is 0. The molecule has 2 heteroatoms. The van der Waals surface area contributed by atoms with E-state index in [0.717, 1.165) is 5.92 Å². The van der Waals surface area contributed by atoms with E-state index in [1.807, 2.05) is 0 Å². The summed E-state index contributed by atoms with van der Waals surface area (Å²) >= 11 is 2.10. The average Bonchev–Trinajstić information content (AvgIpc) is 2.66. The summed E-state index contributed by atoms with van der Waals surface area (Å²) in [6.45, 7) is 0. The SMILES string of the molecule is CNC1(CCC2CSC2)CC1. The Balaban J connectivity index is 1.65. The second-order valence-electron chi connectivity index (χ2n) is 3.97. The highest BCUT2D eigenvalue weighted by Gasteiger charge is 2.40. The van der Waals surface area contributed by atoms with Crippen LogP contribution in [0.4, 0.5) is 0 Å². The first-order chi connectivity index (χ1) is 5.35. The van der Waals surface area contributed by atoms with Gasteiger partial charge in [0.2, 0.25) is 0 Å². The van der Waals surface area contributed by atoms with Crippen LogP contribution in [0.5, 0.6) is 0 Å². The molecule has 11 heavy (non-hydrogen) atoms. The highest BCUT2D eigenvalue weighted by molar-refractivity contribution is 8.00. The van der Waals surface area contributed by atoms with E-state index >= 15 is 0 Å². The molecule has 0 bridgehead atoms. The lowest BCUT2D eigenvalue weighted by Crippen LogP contribution is -2.29. The first kappa shape index (κ1) is 7.93. The van der Waals surface area contributed by atoms with Crippen LogP contribution in [0.25, 0.3) is 0 Å². The van der Waals surface area contributed by atoms with Crippen molar-refractivity contribution in [3.63, 3.8) is 0 Å². The third-order valence-corrected chi connectivity index (χ3v) is 4.54. The summed E-state index contributed by atoms with van der Waals surface area (Å²) in [7, 11) is 2.11. The van der Waals surface area contributed by atoms with Gasteiger partial charge in [-0.05, 0) is 50.2 Å². The first-order valence-corrected chi connectivity index (χ1v) is 5.77. The minimum atomic E-state index is 0.597. The van der Waals surface area contributed by atoms with Crippen LogP contribution in [0.1, 0.15) is 25.7 Å². The molecule has 1 saturated carbocycles. The number of rotatable bonds is 4. The molecule has 0 aromatic rings. The van der Waals surface area contributed by atoms with Gasteiger partial charge in [-0.2, -0.15) is 11.8 Å². The Hall–Kier alpha value is 0.310. The number of hydrogen-bond donors (Lipinski definition) is 1. The molecule has 0 aromatic carbocycles. The van der Waals surface area contributed by atoms with Crippen molar-refractivity contribution < 1.29 is 0 Å². The van der Waals surface area contributed by atoms with E-state index in [9.17, 15) is 0 Å². The second-order valence-corrected chi connectivity index (χ2v) is 5.05. The summed E-state index contributed by atoms with van der Waals surface area (Å²) in [4.78, 5) is 0. The van der Waals surface area contributed by atoms with E-state index in [1.54, 1.807) is 0 Å². The van der Waals surface area contributed by atoms with Crippen LogP contribution < -0.4 is 5.32 Å². The standard InChI is InChI=1S/C9H17NS/c1-10-9(4-5-9)3-2-8-6-11-7-8/h8,10H,2-7H2,1H3. The molecule has 0 spiro atoms. The highest BCUT2D eigenvalue weighted by atomic mass is 32.2. The third kappa shape index (κ3) is 1.73. The lowest BCUT2D eigenvalue weighted by Gasteiger charge is -2.26. The molecule has 1 N–H and O–H groups in total. The van der Waals surface area contributed by atoms with Crippen molar-refractivity contribution in [2.75, 3.05) is 18.6 Å². The minimum absolute atomic E-state index is 0.597. The number of hydrogen-bond acceptors (Lipinski definition) is 2. The fourth-order valence-corrected chi connectivity index (χ4v) is 2.61. The van der Waals surface area contributed by atoms with Gasteiger partial charge in [0.15, 0.2) is 0 Å². The van der Waals surface area contributed by atoms with Crippen LogP contribution in [-0.2, 0) is 0 Å². The molecule has 1 saturated heterocycles. The van der Waals surface area contributed by atoms with Crippen LogP contribution in [0.2, 0.25) is 0 Å². The van der Waals surface area contributed by atoms with Crippen LogP contribution in [0.3, 0.4) is 0 Å². The Labute approximate surface area is 73.3 Å². The van der Waals surface area contributed by atoms with Crippen molar-refractivity contribution in [1.29, 1.82) is 0 Å². The van der Waals surface area contributed by atoms with Gasteiger partial charge in [-0.25, -0.2) is 0 Å². The summed E-state index contributed by atoms with van der Waals surface area (Å²) in [5, 5.41) is 3.45. The van der Waals surface area contributed by atoms with Crippen molar-refractivity contribution in [3.05, 3.63) is 0 Å². The molecule has 2 rings (SSSR count). The maximum Gasteiger partial charge on any atom is 0.0180 e. The normalized spacial score (nSPS) is 28.1. The molecule has 2 aliphatic rings. The van der Waals surface area contributed by atoms with Crippen molar-refractivity contribution in [3.8, 4) is 0 Å². The van der Waals surface area contributed by atoms with Gasteiger partial charge in [0.25, 0.3) is 0 Å². The molecule has 1 heterocycles. The quantitative estimate of drug-likeness (QED) is 0.693. The topological polar surface area (TPSA) is 12.0 Å². The Kier molecular flexibility index (Phi) is 2.15. The number of nitrogens with one attached hydrogen (secondary N) is 1. The van der Waals surface area contributed by atoms with Gasteiger partial charge in [-0.3, -0.25) is 0 Å². The Morgan fingerprint density at radius 2 is 2.18 bits per heavy atom. The molecule has 1 aliphatic carbocycles. The zero-order valence-corrected chi connectivity index (χ0v) is 8.04. The van der Waals surface area contributed by atoms with Gasteiger partial charge in [0.1, 0.15) is 0 Å². The van der Waals surface area contributed by atoms with E-state index in [-0.39, 0.29) is 0 Å². The lowest BCUT2D eigenvalue weighted by atomic mass is 10.0. The molecule has 0 radical (unpaired) electrons. The predicted octanol–water partition coefficient (Wildman–Crippen LogP) is 1.88. The molecule has 1 aliphatic heterocycles. The molecular formula is C9H17NS. The highest BCUT2D eigenvalue weighted by Crippen LogP contribution is 2.41. The monoisotopic (exact) mass is 171 g/mol. The first-order valence-electron chi connectivity index (χ1n) is 4.61. The molecule has 0 aromatic heterocycles. The van der Waals surface area contributed by atoms with E-state index in [1.165, 1.54) is 37.2 Å². The van der Waals surface area contributed by atoms with Gasteiger partial charge in [0, 0.05) is 5.54 Å². The van der Waals surface area contributed by atoms with Crippen LogP contribution >= 0.6 is 11.8 Å². The van der Waals surface area contributed by atoms with Gasteiger partial charge in [0.05, 0.1) is 0 Å². The predicted molar refractivity (Wildman–Crippen MR) is 51.1 cm³/mol. The molecule has 2 fully saturated rings. The fourth-order valence-electron chi connectivity index (χ4n) is 1.71. The van der Waals surface area contributed by atoms with Gasteiger partial charge < -0.3 is 5.32 Å². The minimum Gasteiger partial charge on any atom is -0.314 e. The van der Waals surface area contributed by atoms with Gasteiger partial charge in [-0.15, -0.1) is 0 Å². The second kappa shape index (κ2) is 2.98. The summed E-state index contributed by atoms with van der Waals surface area (Å²) in [6.07, 6.45) is 5.73. The summed E-state index contributed by atoms with van der Waals surface area (Å²) < 4.78 is 0. The van der Waals surface area contributed by atoms with Crippen molar-refractivity contribution in [2.24, 2.45) is 5.92 Å². The van der Waals surface area contributed by atoms with E-state index in [2.05, 4.69) is 24.1 Å². The zero-order valence-electron chi connectivity index (χ0n) is 7.23. The maximum absolute atomic E-state index is 3.45. The molecule has 0 amide bonds. The molecule has 0 unspecified atom stereocenters. The Morgan fingerprint density at radius 1 is 1.45 bits per heavy atom. The largest absolute Gasteiger partial charge is 0.314 e. The van der Waals surface area contributed by atoms with E-state index < -0.39 is 0 Å². The Morgan fingerprint density at radius 3 is 2.55 bits per heavy atom.